The van der Waals surface area contributed by atoms with E-state index in [2.05, 4.69) is 55.3 Å². The van der Waals surface area contributed by atoms with Gasteiger partial charge in [0.25, 0.3) is 0 Å². The highest BCUT2D eigenvalue weighted by Gasteiger charge is 2.09. The molecule has 18 heavy (non-hydrogen) atoms. The maximum absolute atomic E-state index is 3.25. The molecule has 0 aliphatic heterocycles. The molecule has 0 spiro atoms. The topological polar surface area (TPSA) is 15.3 Å². The lowest BCUT2D eigenvalue weighted by atomic mass is 10.1. The number of hydrogen-bond donors (Lipinski definition) is 1. The Morgan fingerprint density at radius 3 is 2.39 bits per heavy atom. The summed E-state index contributed by atoms with van der Waals surface area (Å²) in [5, 5.41) is 3.25. The number of nitrogens with zero attached hydrogens (tertiary/aromatic N) is 1. The van der Waals surface area contributed by atoms with Crippen molar-refractivity contribution in [2.75, 3.05) is 20.1 Å². The van der Waals surface area contributed by atoms with Crippen LogP contribution in [0.15, 0.2) is 24.3 Å². The Hall–Kier alpha value is -0.860. The Morgan fingerprint density at radius 2 is 1.83 bits per heavy atom. The minimum Gasteiger partial charge on any atom is -0.316 e. The predicted octanol–water partition coefficient (Wildman–Crippen LogP) is 3.27. The molecule has 1 N–H and O–H groups in total. The van der Waals surface area contributed by atoms with E-state index in [1.54, 1.807) is 0 Å². The molecular formula is C16H28N2. The summed E-state index contributed by atoms with van der Waals surface area (Å²) >= 11 is 0. The van der Waals surface area contributed by atoms with Crippen molar-refractivity contribution in [3.63, 3.8) is 0 Å². The standard InChI is InChI=1S/C16H28N2/c1-5-14(3)12-18(6-2)13-16-10-8-7-9-15(16)11-17-4/h7-10,14,17H,5-6,11-13H2,1-4H3. The molecule has 0 saturated carbocycles. The molecule has 0 saturated heterocycles. The molecule has 1 aromatic carbocycles. The van der Waals surface area contributed by atoms with Crippen molar-refractivity contribution >= 4 is 0 Å². The van der Waals surface area contributed by atoms with Crippen molar-refractivity contribution < 1.29 is 0 Å². The quantitative estimate of drug-likeness (QED) is 0.759. The highest BCUT2D eigenvalue weighted by molar-refractivity contribution is 5.26. The largest absolute Gasteiger partial charge is 0.316 e. The van der Waals surface area contributed by atoms with E-state index in [0.29, 0.717) is 0 Å². The second kappa shape index (κ2) is 8.28. The Balaban J connectivity index is 2.68. The van der Waals surface area contributed by atoms with Crippen LogP contribution in [0.2, 0.25) is 0 Å². The molecule has 0 radical (unpaired) electrons. The van der Waals surface area contributed by atoms with Crippen LogP contribution in [-0.4, -0.2) is 25.0 Å². The third-order valence-corrected chi connectivity index (χ3v) is 3.59. The Labute approximate surface area is 112 Å². The molecule has 0 fully saturated rings. The summed E-state index contributed by atoms with van der Waals surface area (Å²) in [5.41, 5.74) is 2.87. The van der Waals surface area contributed by atoms with Gasteiger partial charge >= 0.3 is 0 Å². The van der Waals surface area contributed by atoms with E-state index in [1.807, 2.05) is 7.05 Å². The zero-order valence-electron chi connectivity index (χ0n) is 12.4. The molecular weight excluding hydrogens is 220 g/mol. The van der Waals surface area contributed by atoms with E-state index in [-0.39, 0.29) is 0 Å². The first-order valence-corrected chi connectivity index (χ1v) is 7.14. The highest BCUT2D eigenvalue weighted by atomic mass is 15.1. The number of rotatable bonds is 8. The molecule has 0 aliphatic carbocycles. The van der Waals surface area contributed by atoms with Gasteiger partial charge in [-0.15, -0.1) is 0 Å². The van der Waals surface area contributed by atoms with Crippen LogP contribution < -0.4 is 5.32 Å². The van der Waals surface area contributed by atoms with Crippen molar-refractivity contribution in [2.45, 2.75) is 40.3 Å². The van der Waals surface area contributed by atoms with Crippen molar-refractivity contribution in [2.24, 2.45) is 5.92 Å². The lowest BCUT2D eigenvalue weighted by Crippen LogP contribution is -2.28. The molecule has 102 valence electrons. The van der Waals surface area contributed by atoms with Gasteiger partial charge in [0.2, 0.25) is 0 Å². The molecule has 0 amide bonds. The molecule has 0 bridgehead atoms. The fourth-order valence-corrected chi connectivity index (χ4v) is 2.19. The van der Waals surface area contributed by atoms with E-state index in [1.165, 1.54) is 24.1 Å². The third kappa shape index (κ3) is 4.79. The zero-order chi connectivity index (χ0) is 13.4. The molecule has 0 heterocycles. The Bertz CT molecular complexity index is 336. The zero-order valence-corrected chi connectivity index (χ0v) is 12.4. The molecule has 1 atom stereocenters. The van der Waals surface area contributed by atoms with Crippen LogP contribution in [0.25, 0.3) is 0 Å². The average molecular weight is 248 g/mol. The van der Waals surface area contributed by atoms with E-state index in [9.17, 15) is 0 Å². The summed E-state index contributed by atoms with van der Waals surface area (Å²) in [5.74, 6) is 0.779. The minimum absolute atomic E-state index is 0.779. The number of hydrogen-bond acceptors (Lipinski definition) is 2. The van der Waals surface area contributed by atoms with Crippen LogP contribution in [0.3, 0.4) is 0 Å². The lowest BCUT2D eigenvalue weighted by molar-refractivity contribution is 0.237. The summed E-state index contributed by atoms with van der Waals surface area (Å²) in [6.45, 7) is 11.2. The first-order chi connectivity index (χ1) is 8.71. The molecule has 0 aliphatic rings. The smallest absolute Gasteiger partial charge is 0.0236 e. The second-order valence-electron chi connectivity index (χ2n) is 5.14. The van der Waals surface area contributed by atoms with Crippen LogP contribution in [-0.2, 0) is 13.1 Å². The first-order valence-electron chi connectivity index (χ1n) is 7.14. The van der Waals surface area contributed by atoms with Crippen LogP contribution in [0.1, 0.15) is 38.3 Å². The van der Waals surface area contributed by atoms with Gasteiger partial charge in [0.1, 0.15) is 0 Å². The number of benzene rings is 1. The van der Waals surface area contributed by atoms with Crippen molar-refractivity contribution in [1.29, 1.82) is 0 Å². The van der Waals surface area contributed by atoms with Gasteiger partial charge in [-0.2, -0.15) is 0 Å². The van der Waals surface area contributed by atoms with Gasteiger partial charge in [-0.05, 0) is 30.6 Å². The van der Waals surface area contributed by atoms with Crippen LogP contribution in [0, 0.1) is 5.92 Å². The summed E-state index contributed by atoms with van der Waals surface area (Å²) in [7, 11) is 2.01. The van der Waals surface area contributed by atoms with Crippen molar-refractivity contribution in [1.82, 2.24) is 10.2 Å². The second-order valence-corrected chi connectivity index (χ2v) is 5.14. The summed E-state index contributed by atoms with van der Waals surface area (Å²) in [6.07, 6.45) is 1.26. The molecule has 1 unspecified atom stereocenters. The van der Waals surface area contributed by atoms with Gasteiger partial charge < -0.3 is 5.32 Å². The van der Waals surface area contributed by atoms with E-state index < -0.39 is 0 Å². The van der Waals surface area contributed by atoms with Crippen LogP contribution in [0.5, 0.6) is 0 Å². The monoisotopic (exact) mass is 248 g/mol. The first kappa shape index (κ1) is 15.2. The molecule has 1 rings (SSSR count). The van der Waals surface area contributed by atoms with Crippen LogP contribution in [0.4, 0.5) is 0 Å². The van der Waals surface area contributed by atoms with Gasteiger partial charge in [0.15, 0.2) is 0 Å². The predicted molar refractivity (Wildman–Crippen MR) is 79.6 cm³/mol. The molecule has 1 aromatic rings. The van der Waals surface area contributed by atoms with Crippen molar-refractivity contribution in [3.05, 3.63) is 35.4 Å². The van der Waals surface area contributed by atoms with Crippen molar-refractivity contribution in [3.8, 4) is 0 Å². The lowest BCUT2D eigenvalue weighted by Gasteiger charge is -2.25. The summed E-state index contributed by atoms with van der Waals surface area (Å²) < 4.78 is 0. The van der Waals surface area contributed by atoms with Gasteiger partial charge in [-0.25, -0.2) is 0 Å². The SMILES string of the molecule is CCC(C)CN(CC)Cc1ccccc1CNC. The Kier molecular flexibility index (Phi) is 6.99. The molecule has 0 aromatic heterocycles. The van der Waals surface area contributed by atoms with E-state index >= 15 is 0 Å². The molecule has 2 heteroatoms. The van der Waals surface area contributed by atoms with Crippen LogP contribution >= 0.6 is 0 Å². The maximum atomic E-state index is 3.25. The Morgan fingerprint density at radius 1 is 1.17 bits per heavy atom. The highest BCUT2D eigenvalue weighted by Crippen LogP contribution is 2.13. The maximum Gasteiger partial charge on any atom is 0.0236 e. The third-order valence-electron chi connectivity index (χ3n) is 3.59. The minimum atomic E-state index is 0.779. The van der Waals surface area contributed by atoms with E-state index in [0.717, 1.165) is 25.6 Å². The van der Waals surface area contributed by atoms with Gasteiger partial charge in [-0.1, -0.05) is 51.5 Å². The average Bonchev–Trinajstić information content (AvgIpc) is 2.40. The van der Waals surface area contributed by atoms with Gasteiger partial charge in [0.05, 0.1) is 0 Å². The normalized spacial score (nSPS) is 12.9. The fraction of sp³-hybridized carbons (Fsp3) is 0.625. The molecule has 2 nitrogen and oxygen atoms in total. The van der Waals surface area contributed by atoms with E-state index in [4.69, 9.17) is 0 Å². The summed E-state index contributed by atoms with van der Waals surface area (Å²) in [4.78, 5) is 2.54. The van der Waals surface area contributed by atoms with Gasteiger partial charge in [-0.3, -0.25) is 4.90 Å². The fourth-order valence-electron chi connectivity index (χ4n) is 2.19. The van der Waals surface area contributed by atoms with Gasteiger partial charge in [0, 0.05) is 19.6 Å². The number of nitrogens with one attached hydrogen (secondary N) is 1. The summed E-state index contributed by atoms with van der Waals surface area (Å²) in [6, 6.07) is 8.75.